The SMILES string of the molecule is O=C=NCCCCCCCCCCCCCCCCCCN=C=O. The molecule has 0 radical (unpaired) electrons. The second-order valence-corrected chi connectivity index (χ2v) is 6.60. The van der Waals surface area contributed by atoms with Crippen molar-refractivity contribution in [1.82, 2.24) is 0 Å². The molecule has 0 bridgehead atoms. The molecular weight excluding hydrogens is 300 g/mol. The molecule has 0 saturated carbocycles. The van der Waals surface area contributed by atoms with Crippen LogP contribution >= 0.6 is 0 Å². The van der Waals surface area contributed by atoms with E-state index in [0.717, 1.165) is 12.8 Å². The molecule has 0 rings (SSSR count). The van der Waals surface area contributed by atoms with Gasteiger partial charge in [0.05, 0.1) is 13.1 Å². The van der Waals surface area contributed by atoms with Crippen LogP contribution in [0, 0.1) is 0 Å². The molecule has 0 N–H and O–H groups in total. The number of hydrogen-bond acceptors (Lipinski definition) is 4. The van der Waals surface area contributed by atoms with Gasteiger partial charge in [-0.05, 0) is 12.8 Å². The van der Waals surface area contributed by atoms with Crippen molar-refractivity contribution >= 4 is 12.2 Å². The minimum absolute atomic E-state index is 0.651. The largest absolute Gasteiger partial charge is 0.234 e. The molecule has 0 heterocycles. The van der Waals surface area contributed by atoms with Crippen molar-refractivity contribution in [3.63, 3.8) is 0 Å². The van der Waals surface area contributed by atoms with Gasteiger partial charge in [-0.15, -0.1) is 0 Å². The first-order valence-electron chi connectivity index (χ1n) is 9.99. The molecule has 0 aromatic rings. The maximum atomic E-state index is 9.89. The second-order valence-electron chi connectivity index (χ2n) is 6.60. The van der Waals surface area contributed by atoms with Crippen molar-refractivity contribution < 1.29 is 9.59 Å². The van der Waals surface area contributed by atoms with Crippen LogP contribution in [0.2, 0.25) is 0 Å². The van der Waals surface area contributed by atoms with Crippen molar-refractivity contribution in [2.75, 3.05) is 13.1 Å². The Bertz CT molecular complexity index is 312. The molecule has 0 unspecified atom stereocenters. The number of rotatable bonds is 19. The van der Waals surface area contributed by atoms with Crippen molar-refractivity contribution in [2.45, 2.75) is 103 Å². The first-order chi connectivity index (χ1) is 11.9. The molecule has 4 nitrogen and oxygen atoms in total. The summed E-state index contributed by atoms with van der Waals surface area (Å²) in [5, 5.41) is 0. The lowest BCUT2D eigenvalue weighted by molar-refractivity contribution is 0.528. The predicted octanol–water partition coefficient (Wildman–Crippen LogP) is 5.90. The molecule has 24 heavy (non-hydrogen) atoms. The number of unbranched alkanes of at least 4 members (excludes halogenated alkanes) is 15. The Balaban J connectivity index is 3.00. The molecule has 0 amide bonds. The van der Waals surface area contributed by atoms with Crippen LogP contribution in [0.4, 0.5) is 0 Å². The smallest absolute Gasteiger partial charge is 0.211 e. The van der Waals surface area contributed by atoms with E-state index < -0.39 is 0 Å². The second kappa shape index (κ2) is 21.8. The fraction of sp³-hybridized carbons (Fsp3) is 0.900. The quantitative estimate of drug-likeness (QED) is 0.167. The van der Waals surface area contributed by atoms with E-state index in [1.54, 1.807) is 12.2 Å². The average Bonchev–Trinajstić information content (AvgIpc) is 2.60. The Morgan fingerprint density at radius 2 is 0.583 bits per heavy atom. The van der Waals surface area contributed by atoms with Crippen molar-refractivity contribution in [2.24, 2.45) is 9.98 Å². The van der Waals surface area contributed by atoms with Crippen LogP contribution < -0.4 is 0 Å². The zero-order valence-corrected chi connectivity index (χ0v) is 15.4. The molecule has 0 saturated heterocycles. The van der Waals surface area contributed by atoms with Gasteiger partial charge in [-0.2, -0.15) is 0 Å². The maximum Gasteiger partial charge on any atom is 0.234 e. The fourth-order valence-corrected chi connectivity index (χ4v) is 2.95. The maximum absolute atomic E-state index is 9.89. The van der Waals surface area contributed by atoms with E-state index >= 15 is 0 Å². The van der Waals surface area contributed by atoms with Gasteiger partial charge in [-0.1, -0.05) is 89.9 Å². The number of isocyanates is 2. The van der Waals surface area contributed by atoms with Crippen LogP contribution in [0.5, 0.6) is 0 Å². The highest BCUT2D eigenvalue weighted by atomic mass is 16.1. The number of hydrogen-bond donors (Lipinski definition) is 0. The zero-order valence-electron chi connectivity index (χ0n) is 15.4. The summed E-state index contributed by atoms with van der Waals surface area (Å²) in [4.78, 5) is 26.9. The minimum atomic E-state index is 0.651. The van der Waals surface area contributed by atoms with Gasteiger partial charge in [0.2, 0.25) is 12.2 Å². The summed E-state index contributed by atoms with van der Waals surface area (Å²) >= 11 is 0. The van der Waals surface area contributed by atoms with Gasteiger partial charge in [0.15, 0.2) is 0 Å². The number of aliphatic imine (C=N–C) groups is 2. The first-order valence-corrected chi connectivity index (χ1v) is 9.99. The van der Waals surface area contributed by atoms with E-state index in [2.05, 4.69) is 9.98 Å². The van der Waals surface area contributed by atoms with Crippen LogP contribution in [0.3, 0.4) is 0 Å². The summed E-state index contributed by atoms with van der Waals surface area (Å²) in [5.41, 5.74) is 0. The third kappa shape index (κ3) is 20.8. The number of nitrogens with zero attached hydrogens (tertiary/aromatic N) is 2. The van der Waals surface area contributed by atoms with Gasteiger partial charge in [0, 0.05) is 0 Å². The summed E-state index contributed by atoms with van der Waals surface area (Å²) in [6, 6.07) is 0. The predicted molar refractivity (Wildman–Crippen MR) is 99.8 cm³/mol. The average molecular weight is 337 g/mol. The molecule has 0 spiro atoms. The Hall–Kier alpha value is -1.24. The highest BCUT2D eigenvalue weighted by Crippen LogP contribution is 2.13. The summed E-state index contributed by atoms with van der Waals surface area (Å²) in [7, 11) is 0. The molecule has 0 atom stereocenters. The van der Waals surface area contributed by atoms with Gasteiger partial charge in [-0.25, -0.2) is 19.6 Å². The van der Waals surface area contributed by atoms with Gasteiger partial charge < -0.3 is 0 Å². The molecule has 0 fully saturated rings. The fourth-order valence-electron chi connectivity index (χ4n) is 2.95. The molecule has 0 aliphatic carbocycles. The summed E-state index contributed by atoms with van der Waals surface area (Å²) < 4.78 is 0. The lowest BCUT2D eigenvalue weighted by atomic mass is 10.0. The Kier molecular flexibility index (Phi) is 20.6. The van der Waals surface area contributed by atoms with E-state index in [-0.39, 0.29) is 0 Å². The van der Waals surface area contributed by atoms with Crippen LogP contribution in [-0.4, -0.2) is 25.2 Å². The Morgan fingerprint density at radius 1 is 0.375 bits per heavy atom. The van der Waals surface area contributed by atoms with Crippen molar-refractivity contribution in [3.05, 3.63) is 0 Å². The van der Waals surface area contributed by atoms with Crippen molar-refractivity contribution in [1.29, 1.82) is 0 Å². The van der Waals surface area contributed by atoms with E-state index in [0.29, 0.717) is 13.1 Å². The third-order valence-electron chi connectivity index (χ3n) is 4.42. The zero-order chi connectivity index (χ0) is 17.6. The lowest BCUT2D eigenvalue weighted by Crippen LogP contribution is -1.85. The van der Waals surface area contributed by atoms with E-state index in [9.17, 15) is 9.59 Å². The van der Waals surface area contributed by atoms with Gasteiger partial charge in [-0.3, -0.25) is 0 Å². The van der Waals surface area contributed by atoms with Crippen LogP contribution in [0.15, 0.2) is 9.98 Å². The highest BCUT2D eigenvalue weighted by molar-refractivity contribution is 5.32. The lowest BCUT2D eigenvalue weighted by Gasteiger charge is -2.03. The minimum Gasteiger partial charge on any atom is -0.211 e. The molecule has 0 aromatic heterocycles. The summed E-state index contributed by atoms with van der Waals surface area (Å²) in [6.07, 6.45) is 23.8. The highest BCUT2D eigenvalue weighted by Gasteiger charge is 1.94. The monoisotopic (exact) mass is 336 g/mol. The third-order valence-corrected chi connectivity index (χ3v) is 4.42. The van der Waals surface area contributed by atoms with Gasteiger partial charge in [0.25, 0.3) is 0 Å². The Labute approximate surface area is 148 Å². The summed E-state index contributed by atoms with van der Waals surface area (Å²) in [6.45, 7) is 1.30. The standard InChI is InChI=1S/C20H36N2O2/c23-19-21-17-15-13-11-9-7-5-3-1-2-4-6-8-10-12-14-16-18-22-20-24/h1-18H2. The van der Waals surface area contributed by atoms with Crippen molar-refractivity contribution in [3.8, 4) is 0 Å². The van der Waals surface area contributed by atoms with Crippen LogP contribution in [0.25, 0.3) is 0 Å². The van der Waals surface area contributed by atoms with Gasteiger partial charge >= 0.3 is 0 Å². The molecule has 0 aliphatic rings. The van der Waals surface area contributed by atoms with Crippen LogP contribution in [-0.2, 0) is 9.59 Å². The summed E-state index contributed by atoms with van der Waals surface area (Å²) in [5.74, 6) is 0. The first kappa shape index (κ1) is 22.8. The topological polar surface area (TPSA) is 58.9 Å². The van der Waals surface area contributed by atoms with Gasteiger partial charge in [0.1, 0.15) is 0 Å². The molecule has 138 valence electrons. The molecule has 4 heteroatoms. The number of carbonyl (C=O) groups excluding carboxylic acids is 2. The van der Waals surface area contributed by atoms with E-state index in [4.69, 9.17) is 0 Å². The van der Waals surface area contributed by atoms with E-state index in [1.807, 2.05) is 0 Å². The van der Waals surface area contributed by atoms with Crippen LogP contribution in [0.1, 0.15) is 103 Å². The Morgan fingerprint density at radius 3 is 0.792 bits per heavy atom. The normalized spacial score (nSPS) is 10.2. The van der Waals surface area contributed by atoms with E-state index in [1.165, 1.54) is 89.9 Å². The molecular formula is C20H36N2O2. The molecule has 0 aliphatic heterocycles. The molecule has 0 aromatic carbocycles.